The van der Waals surface area contributed by atoms with E-state index in [1.54, 1.807) is 6.07 Å². The highest BCUT2D eigenvalue weighted by atomic mass is 16.2. The Morgan fingerprint density at radius 1 is 1.35 bits per heavy atom. The molecule has 0 spiro atoms. The largest absolute Gasteiger partial charge is 0.364 e. The molecule has 0 radical (unpaired) electrons. The molecule has 0 saturated heterocycles. The van der Waals surface area contributed by atoms with E-state index in [0.717, 1.165) is 12.8 Å². The van der Waals surface area contributed by atoms with E-state index in [4.69, 9.17) is 5.73 Å². The Kier molecular flexibility index (Phi) is 3.17. The molecular weight excluding hydrogens is 222 g/mol. The van der Waals surface area contributed by atoms with Crippen molar-refractivity contribution in [1.29, 1.82) is 0 Å². The summed E-state index contributed by atoms with van der Waals surface area (Å²) in [6.45, 7) is 0.140. The Labute approximate surface area is 97.8 Å². The van der Waals surface area contributed by atoms with Gasteiger partial charge in [0, 0.05) is 6.04 Å². The lowest BCUT2D eigenvalue weighted by molar-refractivity contribution is -0.119. The first-order chi connectivity index (χ1) is 8.15. The maximum absolute atomic E-state index is 11.3. The minimum absolute atomic E-state index is 0.0757. The van der Waals surface area contributed by atoms with E-state index in [-0.39, 0.29) is 18.1 Å². The smallest absolute Gasteiger partial charge is 0.269 e. The van der Waals surface area contributed by atoms with E-state index < -0.39 is 5.91 Å². The Hall–Kier alpha value is -2.18. The second-order valence-corrected chi connectivity index (χ2v) is 3.86. The Bertz CT molecular complexity index is 427. The topological polar surface area (TPSA) is 110 Å². The fraction of sp³-hybridized carbons (Fsp3) is 0.400. The average Bonchev–Trinajstić information content (AvgIpc) is 3.11. The van der Waals surface area contributed by atoms with Crippen LogP contribution in [0.25, 0.3) is 0 Å². The quantitative estimate of drug-likeness (QED) is 0.623. The second-order valence-electron chi connectivity index (χ2n) is 3.86. The molecule has 0 bridgehead atoms. The lowest BCUT2D eigenvalue weighted by atomic mass is 10.3. The van der Waals surface area contributed by atoms with Crippen LogP contribution in [0.5, 0.6) is 0 Å². The summed E-state index contributed by atoms with van der Waals surface area (Å²) >= 11 is 0. The minimum Gasteiger partial charge on any atom is -0.364 e. The fourth-order valence-electron chi connectivity index (χ4n) is 1.24. The number of carbonyl (C=O) groups excluding carboxylic acids is 2. The zero-order valence-electron chi connectivity index (χ0n) is 9.14. The van der Waals surface area contributed by atoms with Gasteiger partial charge in [0.2, 0.25) is 5.91 Å². The first-order valence-electron chi connectivity index (χ1n) is 5.32. The lowest BCUT2D eigenvalue weighted by Crippen LogP contribution is -2.31. The van der Waals surface area contributed by atoms with Crippen LogP contribution in [0, 0.1) is 0 Å². The molecule has 0 aliphatic heterocycles. The molecule has 2 rings (SSSR count). The molecule has 1 aromatic rings. The number of aromatic nitrogens is 2. The molecule has 0 atom stereocenters. The molecule has 2 amide bonds. The number of primary amides is 1. The van der Waals surface area contributed by atoms with Crippen molar-refractivity contribution in [2.75, 3.05) is 11.9 Å². The summed E-state index contributed by atoms with van der Waals surface area (Å²) in [5.74, 6) is -0.273. The molecule has 1 aliphatic rings. The Balaban J connectivity index is 1.81. The number of nitrogens with two attached hydrogens (primary N) is 1. The Morgan fingerprint density at radius 3 is 2.65 bits per heavy atom. The molecular formula is C10H13N5O2. The first-order valence-corrected chi connectivity index (χ1v) is 5.32. The van der Waals surface area contributed by atoms with E-state index in [1.165, 1.54) is 6.07 Å². The summed E-state index contributed by atoms with van der Waals surface area (Å²) in [5.41, 5.74) is 5.12. The van der Waals surface area contributed by atoms with Crippen LogP contribution in [0.15, 0.2) is 12.1 Å². The van der Waals surface area contributed by atoms with Crippen LogP contribution in [0.4, 0.5) is 5.82 Å². The van der Waals surface area contributed by atoms with Crippen molar-refractivity contribution in [3.05, 3.63) is 17.8 Å². The van der Waals surface area contributed by atoms with Gasteiger partial charge in [0.05, 0.1) is 6.54 Å². The van der Waals surface area contributed by atoms with Crippen molar-refractivity contribution in [2.24, 2.45) is 5.73 Å². The van der Waals surface area contributed by atoms with Gasteiger partial charge in [0.15, 0.2) is 5.69 Å². The molecule has 1 fully saturated rings. The third-order valence-electron chi connectivity index (χ3n) is 2.29. The number of nitrogens with one attached hydrogen (secondary N) is 2. The normalized spacial score (nSPS) is 14.1. The van der Waals surface area contributed by atoms with Crippen LogP contribution >= 0.6 is 0 Å². The standard InChI is InChI=1S/C10H13N5O2/c11-10(17)7-3-4-8(15-14-7)12-5-9(16)13-6-1-2-6/h3-4,6H,1-2,5H2,(H2,11,17)(H,12,15)(H,13,16). The molecule has 1 heterocycles. The minimum atomic E-state index is -0.629. The summed E-state index contributed by atoms with van der Waals surface area (Å²) in [6, 6.07) is 3.35. The molecule has 1 aliphatic carbocycles. The maximum atomic E-state index is 11.3. The van der Waals surface area contributed by atoms with Gasteiger partial charge in [-0.15, -0.1) is 10.2 Å². The van der Waals surface area contributed by atoms with Gasteiger partial charge >= 0.3 is 0 Å². The number of nitrogens with zero attached hydrogens (tertiary/aromatic N) is 2. The summed E-state index contributed by atoms with van der Waals surface area (Å²) in [7, 11) is 0. The number of hydrogen-bond acceptors (Lipinski definition) is 5. The highest BCUT2D eigenvalue weighted by Gasteiger charge is 2.22. The molecule has 1 aromatic heterocycles. The van der Waals surface area contributed by atoms with Crippen LogP contribution in [-0.4, -0.2) is 34.6 Å². The van der Waals surface area contributed by atoms with Crippen molar-refractivity contribution < 1.29 is 9.59 Å². The zero-order valence-corrected chi connectivity index (χ0v) is 9.14. The van der Waals surface area contributed by atoms with Crippen LogP contribution < -0.4 is 16.4 Å². The molecule has 0 aromatic carbocycles. The van der Waals surface area contributed by atoms with Gasteiger partial charge in [-0.1, -0.05) is 0 Å². The highest BCUT2D eigenvalue weighted by molar-refractivity contribution is 5.90. The molecule has 7 nitrogen and oxygen atoms in total. The van der Waals surface area contributed by atoms with E-state index in [1.807, 2.05) is 0 Å². The van der Waals surface area contributed by atoms with Crippen LogP contribution in [0.1, 0.15) is 23.3 Å². The molecule has 1 saturated carbocycles. The van der Waals surface area contributed by atoms with Gasteiger partial charge in [-0.2, -0.15) is 0 Å². The van der Waals surface area contributed by atoms with Gasteiger partial charge in [0.1, 0.15) is 5.82 Å². The van der Waals surface area contributed by atoms with Crippen molar-refractivity contribution in [3.63, 3.8) is 0 Å². The monoisotopic (exact) mass is 235 g/mol. The number of amides is 2. The van der Waals surface area contributed by atoms with Crippen molar-refractivity contribution in [2.45, 2.75) is 18.9 Å². The predicted octanol–water partition coefficient (Wildman–Crippen LogP) is -0.734. The van der Waals surface area contributed by atoms with Gasteiger partial charge in [-0.05, 0) is 25.0 Å². The summed E-state index contributed by atoms with van der Waals surface area (Å²) in [6.07, 6.45) is 2.11. The van der Waals surface area contributed by atoms with E-state index in [2.05, 4.69) is 20.8 Å². The molecule has 17 heavy (non-hydrogen) atoms. The van der Waals surface area contributed by atoms with E-state index in [9.17, 15) is 9.59 Å². The zero-order chi connectivity index (χ0) is 12.3. The van der Waals surface area contributed by atoms with Gasteiger partial charge in [-0.3, -0.25) is 9.59 Å². The van der Waals surface area contributed by atoms with Gasteiger partial charge in [-0.25, -0.2) is 0 Å². The molecule has 4 N–H and O–H groups in total. The second kappa shape index (κ2) is 4.77. The van der Waals surface area contributed by atoms with Gasteiger partial charge in [0.25, 0.3) is 5.91 Å². The predicted molar refractivity (Wildman–Crippen MR) is 60.2 cm³/mol. The highest BCUT2D eigenvalue weighted by Crippen LogP contribution is 2.18. The maximum Gasteiger partial charge on any atom is 0.269 e. The van der Waals surface area contributed by atoms with E-state index >= 15 is 0 Å². The SMILES string of the molecule is NC(=O)c1ccc(NCC(=O)NC2CC2)nn1. The lowest BCUT2D eigenvalue weighted by Gasteiger charge is -2.05. The fourth-order valence-corrected chi connectivity index (χ4v) is 1.24. The molecule has 90 valence electrons. The number of anilines is 1. The van der Waals surface area contributed by atoms with Crippen LogP contribution in [0.3, 0.4) is 0 Å². The van der Waals surface area contributed by atoms with Crippen molar-refractivity contribution >= 4 is 17.6 Å². The average molecular weight is 235 g/mol. The van der Waals surface area contributed by atoms with Crippen molar-refractivity contribution in [3.8, 4) is 0 Å². The molecule has 7 heteroatoms. The molecule has 0 unspecified atom stereocenters. The van der Waals surface area contributed by atoms with Crippen LogP contribution in [-0.2, 0) is 4.79 Å². The summed E-state index contributed by atoms with van der Waals surface area (Å²) < 4.78 is 0. The first kappa shape index (κ1) is 11.3. The summed E-state index contributed by atoms with van der Waals surface area (Å²) in [4.78, 5) is 22.1. The Morgan fingerprint density at radius 2 is 2.12 bits per heavy atom. The third-order valence-corrected chi connectivity index (χ3v) is 2.29. The number of hydrogen-bond donors (Lipinski definition) is 3. The summed E-state index contributed by atoms with van der Waals surface area (Å²) in [5, 5.41) is 13.0. The number of carbonyl (C=O) groups is 2. The van der Waals surface area contributed by atoms with Crippen molar-refractivity contribution in [1.82, 2.24) is 15.5 Å². The van der Waals surface area contributed by atoms with Gasteiger partial charge < -0.3 is 16.4 Å². The van der Waals surface area contributed by atoms with Crippen LogP contribution in [0.2, 0.25) is 0 Å². The number of rotatable bonds is 5. The van der Waals surface area contributed by atoms with E-state index in [0.29, 0.717) is 11.9 Å². The third kappa shape index (κ3) is 3.40.